The van der Waals surface area contributed by atoms with E-state index >= 15 is 0 Å². The van der Waals surface area contributed by atoms with Crippen LogP contribution in [0.4, 0.5) is 0 Å². The lowest BCUT2D eigenvalue weighted by Gasteiger charge is -2.24. The molecule has 1 atom stereocenters. The summed E-state index contributed by atoms with van der Waals surface area (Å²) in [6.45, 7) is 2.64. The van der Waals surface area contributed by atoms with E-state index in [0.717, 1.165) is 11.1 Å². The first-order valence-electron chi connectivity index (χ1n) is 8.63. The minimum absolute atomic E-state index is 0.0966. The van der Waals surface area contributed by atoms with Crippen LogP contribution in [-0.4, -0.2) is 21.9 Å². The molecule has 3 heterocycles. The molecule has 5 nitrogen and oxygen atoms in total. The molecule has 8 heteroatoms. The van der Waals surface area contributed by atoms with Crippen molar-refractivity contribution in [1.82, 2.24) is 14.9 Å². The van der Waals surface area contributed by atoms with Crippen molar-refractivity contribution in [3.63, 3.8) is 0 Å². The zero-order chi connectivity index (χ0) is 19.8. The first kappa shape index (κ1) is 19.2. The summed E-state index contributed by atoms with van der Waals surface area (Å²) in [7, 11) is 1.97. The summed E-state index contributed by atoms with van der Waals surface area (Å²) in [5, 5.41) is 3.52. The molecule has 1 aromatic carbocycles. The fraction of sp³-hybridized carbons (Fsp3) is 0.200. The van der Waals surface area contributed by atoms with Gasteiger partial charge in [-0.2, -0.15) is 0 Å². The summed E-state index contributed by atoms with van der Waals surface area (Å²) in [6.07, 6.45) is 1.59. The van der Waals surface area contributed by atoms with Gasteiger partial charge in [-0.25, -0.2) is 4.98 Å². The van der Waals surface area contributed by atoms with Gasteiger partial charge in [-0.1, -0.05) is 29.3 Å². The van der Waals surface area contributed by atoms with Crippen LogP contribution in [-0.2, 0) is 6.54 Å². The highest BCUT2D eigenvalue weighted by Gasteiger charge is 2.19. The van der Waals surface area contributed by atoms with Gasteiger partial charge in [-0.3, -0.25) is 9.69 Å². The average Bonchev–Trinajstić information content (AvgIpc) is 3.33. The number of hydrogen-bond acceptors (Lipinski definition) is 5. The van der Waals surface area contributed by atoms with Crippen molar-refractivity contribution in [2.75, 3.05) is 7.05 Å². The van der Waals surface area contributed by atoms with Crippen LogP contribution in [0.3, 0.4) is 0 Å². The molecule has 0 saturated heterocycles. The molecule has 0 aliphatic carbocycles. The standard InChI is InChI=1S/C20H17Cl2N3O2S/c1-11(25(2)9-12-5-6-14(21)15(22)8-12)18-23-19(26)17-13(10-28-20(17)24-18)16-4-3-7-27-16/h3-8,10-11H,9H2,1-2H3,(H,23,24,26). The molecule has 0 spiro atoms. The number of furan rings is 1. The second-order valence-electron chi connectivity index (χ2n) is 6.60. The van der Waals surface area contributed by atoms with Gasteiger partial charge in [-0.15, -0.1) is 11.3 Å². The molecule has 0 fully saturated rings. The first-order chi connectivity index (χ1) is 13.4. The zero-order valence-electron chi connectivity index (χ0n) is 15.2. The molecule has 28 heavy (non-hydrogen) atoms. The van der Waals surface area contributed by atoms with Gasteiger partial charge in [-0.05, 0) is 43.8 Å². The monoisotopic (exact) mass is 433 g/mol. The second-order valence-corrected chi connectivity index (χ2v) is 8.27. The summed E-state index contributed by atoms with van der Waals surface area (Å²) in [4.78, 5) is 23.2. The summed E-state index contributed by atoms with van der Waals surface area (Å²) < 4.78 is 5.44. The SMILES string of the molecule is CC(c1nc2scc(-c3ccco3)c2c(=O)[nH]1)N(C)Cc1ccc(Cl)c(Cl)c1. The van der Waals surface area contributed by atoms with Crippen LogP contribution in [0.5, 0.6) is 0 Å². The Kier molecular flexibility index (Phi) is 5.29. The topological polar surface area (TPSA) is 62.1 Å². The number of nitrogens with one attached hydrogen (secondary N) is 1. The Labute approximate surface area is 175 Å². The van der Waals surface area contributed by atoms with Gasteiger partial charge in [0.1, 0.15) is 16.4 Å². The van der Waals surface area contributed by atoms with Gasteiger partial charge in [0, 0.05) is 17.5 Å². The lowest BCUT2D eigenvalue weighted by Crippen LogP contribution is -2.25. The van der Waals surface area contributed by atoms with Crippen molar-refractivity contribution >= 4 is 44.8 Å². The smallest absolute Gasteiger partial charge is 0.260 e. The number of thiophene rings is 1. The van der Waals surface area contributed by atoms with Gasteiger partial charge in [0.15, 0.2) is 0 Å². The minimum atomic E-state index is -0.164. The predicted octanol–water partition coefficient (Wildman–Crippen LogP) is 5.74. The summed E-state index contributed by atoms with van der Waals surface area (Å²) in [6, 6.07) is 9.11. The van der Waals surface area contributed by atoms with Crippen LogP contribution in [0.15, 0.2) is 51.2 Å². The molecular weight excluding hydrogens is 417 g/mol. The molecule has 1 unspecified atom stereocenters. The van der Waals surface area contributed by atoms with Gasteiger partial charge in [0.05, 0.1) is 27.7 Å². The Morgan fingerprint density at radius 1 is 1.29 bits per heavy atom. The maximum Gasteiger partial charge on any atom is 0.260 e. The highest BCUT2D eigenvalue weighted by Crippen LogP contribution is 2.32. The first-order valence-corrected chi connectivity index (χ1v) is 10.3. The van der Waals surface area contributed by atoms with E-state index in [0.29, 0.717) is 38.4 Å². The fourth-order valence-corrected chi connectivity index (χ4v) is 4.30. The molecule has 4 aromatic rings. The summed E-state index contributed by atoms with van der Waals surface area (Å²) >= 11 is 13.5. The number of rotatable bonds is 5. The fourth-order valence-electron chi connectivity index (χ4n) is 3.05. The van der Waals surface area contributed by atoms with Gasteiger partial charge < -0.3 is 9.40 Å². The third kappa shape index (κ3) is 3.61. The number of halogens is 2. The van der Waals surface area contributed by atoms with Crippen molar-refractivity contribution in [1.29, 1.82) is 0 Å². The Hall–Kier alpha value is -2.12. The number of hydrogen-bond donors (Lipinski definition) is 1. The van der Waals surface area contributed by atoms with Gasteiger partial charge in [0.25, 0.3) is 5.56 Å². The number of H-pyrrole nitrogens is 1. The molecule has 0 amide bonds. The van der Waals surface area contributed by atoms with Crippen molar-refractivity contribution in [3.05, 3.63) is 73.8 Å². The number of benzene rings is 1. The van der Waals surface area contributed by atoms with E-state index < -0.39 is 0 Å². The maximum atomic E-state index is 12.8. The predicted molar refractivity (Wildman–Crippen MR) is 114 cm³/mol. The number of aromatic nitrogens is 2. The molecule has 4 rings (SSSR count). The van der Waals surface area contributed by atoms with Crippen LogP contribution >= 0.6 is 34.5 Å². The lowest BCUT2D eigenvalue weighted by atomic mass is 10.1. The van der Waals surface area contributed by atoms with Gasteiger partial charge in [0.2, 0.25) is 0 Å². The third-order valence-corrected chi connectivity index (χ3v) is 6.33. The Morgan fingerprint density at radius 3 is 2.82 bits per heavy atom. The highest BCUT2D eigenvalue weighted by atomic mass is 35.5. The van der Waals surface area contributed by atoms with E-state index in [1.165, 1.54) is 11.3 Å². The molecule has 0 aliphatic rings. The molecule has 0 radical (unpaired) electrons. The van der Waals surface area contributed by atoms with Crippen LogP contribution in [0.1, 0.15) is 24.4 Å². The number of fused-ring (bicyclic) bond motifs is 1. The lowest BCUT2D eigenvalue weighted by molar-refractivity contribution is 0.244. The average molecular weight is 434 g/mol. The molecule has 1 N–H and O–H groups in total. The summed E-state index contributed by atoms with van der Waals surface area (Å²) in [5.41, 5.74) is 1.63. The molecule has 0 bridgehead atoms. The molecule has 0 aliphatic heterocycles. The van der Waals surface area contributed by atoms with E-state index in [-0.39, 0.29) is 11.6 Å². The molecule has 3 aromatic heterocycles. The Bertz CT molecular complexity index is 1180. The maximum absolute atomic E-state index is 12.8. The van der Waals surface area contributed by atoms with Crippen molar-refractivity contribution in [2.24, 2.45) is 0 Å². The van der Waals surface area contributed by atoms with Gasteiger partial charge >= 0.3 is 0 Å². The van der Waals surface area contributed by atoms with E-state index in [9.17, 15) is 4.79 Å². The largest absolute Gasteiger partial charge is 0.464 e. The number of aromatic amines is 1. The van der Waals surface area contributed by atoms with E-state index in [4.69, 9.17) is 32.6 Å². The second kappa shape index (κ2) is 7.72. The van der Waals surface area contributed by atoms with E-state index in [1.807, 2.05) is 37.6 Å². The highest BCUT2D eigenvalue weighted by molar-refractivity contribution is 7.17. The molecule has 144 valence electrons. The van der Waals surface area contributed by atoms with Crippen LogP contribution in [0.25, 0.3) is 21.5 Å². The molecular formula is C20H17Cl2N3O2S. The van der Waals surface area contributed by atoms with E-state index in [1.54, 1.807) is 18.4 Å². The van der Waals surface area contributed by atoms with Crippen molar-refractivity contribution in [3.8, 4) is 11.3 Å². The van der Waals surface area contributed by atoms with Crippen molar-refractivity contribution in [2.45, 2.75) is 19.5 Å². The Balaban J connectivity index is 1.63. The zero-order valence-corrected chi connectivity index (χ0v) is 17.5. The van der Waals surface area contributed by atoms with Crippen molar-refractivity contribution < 1.29 is 4.42 Å². The molecule has 0 saturated carbocycles. The van der Waals surface area contributed by atoms with E-state index in [2.05, 4.69) is 9.88 Å². The van der Waals surface area contributed by atoms with Crippen LogP contribution in [0, 0.1) is 0 Å². The normalized spacial score (nSPS) is 12.8. The third-order valence-electron chi connectivity index (χ3n) is 4.72. The number of nitrogens with zero attached hydrogens (tertiary/aromatic N) is 2. The quantitative estimate of drug-likeness (QED) is 0.435. The minimum Gasteiger partial charge on any atom is -0.464 e. The Morgan fingerprint density at radius 2 is 2.11 bits per heavy atom. The summed E-state index contributed by atoms with van der Waals surface area (Å²) in [5.74, 6) is 1.28. The van der Waals surface area contributed by atoms with Crippen LogP contribution in [0.2, 0.25) is 10.0 Å². The van der Waals surface area contributed by atoms with Crippen LogP contribution < -0.4 is 5.56 Å².